The lowest BCUT2D eigenvalue weighted by Gasteiger charge is -2.21. The van der Waals surface area contributed by atoms with E-state index in [0.29, 0.717) is 19.8 Å². The van der Waals surface area contributed by atoms with Crippen LogP contribution in [-0.4, -0.2) is 31.7 Å². The molecule has 0 spiro atoms. The van der Waals surface area contributed by atoms with Gasteiger partial charge in [0, 0.05) is 19.8 Å². The predicted octanol–water partition coefficient (Wildman–Crippen LogP) is 1.99. The van der Waals surface area contributed by atoms with Gasteiger partial charge in [-0.15, -0.1) is 0 Å². The summed E-state index contributed by atoms with van der Waals surface area (Å²) in [6.07, 6.45) is -0.457. The SMILES string of the molecule is CCOC(Cl)C(OCC)OCC. The average Bonchev–Trinajstić information content (AvgIpc) is 2.04. The van der Waals surface area contributed by atoms with Gasteiger partial charge in [0.25, 0.3) is 0 Å². The zero-order valence-corrected chi connectivity index (χ0v) is 8.63. The fraction of sp³-hybridized carbons (Fsp3) is 1.00. The standard InChI is InChI=1S/C8H17ClO3/c1-4-10-7(9)8(11-5-2)12-6-3/h7-8H,4-6H2,1-3H3. The number of rotatable bonds is 7. The predicted molar refractivity (Wildman–Crippen MR) is 48.3 cm³/mol. The largest absolute Gasteiger partial charge is 0.357 e. The van der Waals surface area contributed by atoms with Crippen molar-refractivity contribution < 1.29 is 14.2 Å². The first-order chi connectivity index (χ1) is 5.76. The van der Waals surface area contributed by atoms with Gasteiger partial charge in [-0.1, -0.05) is 11.6 Å². The molecule has 0 bridgehead atoms. The topological polar surface area (TPSA) is 27.7 Å². The third kappa shape index (κ3) is 4.93. The van der Waals surface area contributed by atoms with Crippen molar-refractivity contribution in [3.8, 4) is 0 Å². The molecule has 0 rings (SSSR count). The van der Waals surface area contributed by atoms with Crippen LogP contribution in [0.25, 0.3) is 0 Å². The van der Waals surface area contributed by atoms with Crippen molar-refractivity contribution in [1.82, 2.24) is 0 Å². The second kappa shape index (κ2) is 7.80. The van der Waals surface area contributed by atoms with Crippen molar-refractivity contribution in [3.05, 3.63) is 0 Å². The van der Waals surface area contributed by atoms with Crippen molar-refractivity contribution >= 4 is 11.6 Å². The third-order valence-electron chi connectivity index (χ3n) is 1.20. The van der Waals surface area contributed by atoms with E-state index >= 15 is 0 Å². The molecule has 0 radical (unpaired) electrons. The Kier molecular flexibility index (Phi) is 7.91. The lowest BCUT2D eigenvalue weighted by molar-refractivity contribution is -0.179. The molecule has 1 atom stereocenters. The van der Waals surface area contributed by atoms with Crippen LogP contribution in [-0.2, 0) is 14.2 Å². The fourth-order valence-electron chi connectivity index (χ4n) is 0.766. The Labute approximate surface area is 78.9 Å². The number of halogens is 1. The molecule has 0 saturated carbocycles. The van der Waals surface area contributed by atoms with Crippen LogP contribution >= 0.6 is 11.6 Å². The molecule has 0 aliphatic carbocycles. The highest BCUT2D eigenvalue weighted by atomic mass is 35.5. The van der Waals surface area contributed by atoms with Gasteiger partial charge in [0.1, 0.15) is 0 Å². The zero-order valence-electron chi connectivity index (χ0n) is 7.88. The summed E-state index contributed by atoms with van der Waals surface area (Å²) in [5.74, 6) is 0. The second-order valence-corrected chi connectivity index (χ2v) is 2.52. The van der Waals surface area contributed by atoms with Crippen molar-refractivity contribution in [2.45, 2.75) is 32.6 Å². The molecule has 0 aromatic rings. The monoisotopic (exact) mass is 196 g/mol. The second-order valence-electron chi connectivity index (χ2n) is 2.09. The van der Waals surface area contributed by atoms with Gasteiger partial charge in [0.15, 0.2) is 11.9 Å². The molecule has 0 aliphatic rings. The number of ether oxygens (including phenoxy) is 3. The molecule has 0 heterocycles. The van der Waals surface area contributed by atoms with Crippen molar-refractivity contribution in [1.29, 1.82) is 0 Å². The van der Waals surface area contributed by atoms with Gasteiger partial charge < -0.3 is 14.2 Å². The molecule has 0 N–H and O–H groups in total. The normalized spacial score (nSPS) is 13.8. The maximum absolute atomic E-state index is 5.83. The van der Waals surface area contributed by atoms with E-state index < -0.39 is 11.9 Å². The zero-order chi connectivity index (χ0) is 9.40. The van der Waals surface area contributed by atoms with Crippen molar-refractivity contribution in [2.75, 3.05) is 19.8 Å². The molecule has 12 heavy (non-hydrogen) atoms. The van der Waals surface area contributed by atoms with E-state index in [1.165, 1.54) is 0 Å². The van der Waals surface area contributed by atoms with Crippen LogP contribution < -0.4 is 0 Å². The molecule has 0 aromatic carbocycles. The van der Waals surface area contributed by atoms with E-state index in [9.17, 15) is 0 Å². The third-order valence-corrected chi connectivity index (χ3v) is 1.53. The minimum Gasteiger partial charge on any atom is -0.357 e. The summed E-state index contributed by atoms with van der Waals surface area (Å²) in [6.45, 7) is 7.36. The number of hydrogen-bond acceptors (Lipinski definition) is 3. The summed E-state index contributed by atoms with van der Waals surface area (Å²) < 4.78 is 15.6. The highest BCUT2D eigenvalue weighted by molar-refractivity contribution is 6.20. The van der Waals surface area contributed by atoms with E-state index in [0.717, 1.165) is 0 Å². The summed E-state index contributed by atoms with van der Waals surface area (Å²) in [5, 5.41) is 0. The van der Waals surface area contributed by atoms with Crippen LogP contribution in [0, 0.1) is 0 Å². The van der Waals surface area contributed by atoms with Crippen molar-refractivity contribution in [2.24, 2.45) is 0 Å². The summed E-state index contributed by atoms with van der Waals surface area (Å²) in [7, 11) is 0. The molecule has 4 heteroatoms. The molecule has 74 valence electrons. The Balaban J connectivity index is 3.72. The minimum absolute atomic E-state index is 0.457. The Hall–Kier alpha value is 0.170. The highest BCUT2D eigenvalue weighted by Crippen LogP contribution is 2.10. The summed E-state index contributed by atoms with van der Waals surface area (Å²) in [5.41, 5.74) is -0.519. The molecular weight excluding hydrogens is 180 g/mol. The van der Waals surface area contributed by atoms with Crippen LogP contribution in [0.1, 0.15) is 20.8 Å². The maximum atomic E-state index is 5.83. The van der Waals surface area contributed by atoms with Crippen LogP contribution in [0.15, 0.2) is 0 Å². The van der Waals surface area contributed by atoms with Gasteiger partial charge in [0.05, 0.1) is 0 Å². The van der Waals surface area contributed by atoms with Crippen LogP contribution in [0.3, 0.4) is 0 Å². The molecular formula is C8H17ClO3. The smallest absolute Gasteiger partial charge is 0.197 e. The minimum atomic E-state index is -0.519. The van der Waals surface area contributed by atoms with Gasteiger partial charge in [0.2, 0.25) is 0 Å². The molecule has 3 nitrogen and oxygen atoms in total. The quantitative estimate of drug-likeness (QED) is 0.461. The first-order valence-corrected chi connectivity index (χ1v) is 4.68. The first-order valence-electron chi connectivity index (χ1n) is 4.25. The molecule has 0 aromatic heterocycles. The Morgan fingerprint density at radius 2 is 1.33 bits per heavy atom. The highest BCUT2D eigenvalue weighted by Gasteiger charge is 2.19. The van der Waals surface area contributed by atoms with Gasteiger partial charge in [-0.2, -0.15) is 0 Å². The van der Waals surface area contributed by atoms with Crippen LogP contribution in [0.5, 0.6) is 0 Å². The van der Waals surface area contributed by atoms with Crippen molar-refractivity contribution in [3.63, 3.8) is 0 Å². The lowest BCUT2D eigenvalue weighted by atomic mass is 10.6. The Morgan fingerprint density at radius 3 is 1.67 bits per heavy atom. The Bertz CT molecular complexity index is 94.3. The van der Waals surface area contributed by atoms with E-state index in [1.807, 2.05) is 20.8 Å². The average molecular weight is 197 g/mol. The van der Waals surface area contributed by atoms with E-state index in [4.69, 9.17) is 25.8 Å². The number of hydrogen-bond donors (Lipinski definition) is 0. The molecule has 0 aliphatic heterocycles. The van der Waals surface area contributed by atoms with E-state index in [2.05, 4.69) is 0 Å². The van der Waals surface area contributed by atoms with Gasteiger partial charge in [-0.3, -0.25) is 0 Å². The first kappa shape index (κ1) is 12.2. The molecule has 0 saturated heterocycles. The molecule has 1 unspecified atom stereocenters. The summed E-state index contributed by atoms with van der Waals surface area (Å²) in [6, 6.07) is 0. The Morgan fingerprint density at radius 1 is 0.917 bits per heavy atom. The van der Waals surface area contributed by atoms with E-state index in [-0.39, 0.29) is 0 Å². The lowest BCUT2D eigenvalue weighted by Crippen LogP contribution is -2.30. The summed E-state index contributed by atoms with van der Waals surface area (Å²) >= 11 is 5.83. The van der Waals surface area contributed by atoms with Gasteiger partial charge in [-0.25, -0.2) is 0 Å². The molecule has 0 amide bonds. The van der Waals surface area contributed by atoms with Crippen LogP contribution in [0.2, 0.25) is 0 Å². The number of alkyl halides is 1. The van der Waals surface area contributed by atoms with E-state index in [1.54, 1.807) is 0 Å². The molecule has 0 fully saturated rings. The van der Waals surface area contributed by atoms with Gasteiger partial charge in [-0.05, 0) is 20.8 Å². The van der Waals surface area contributed by atoms with Crippen LogP contribution in [0.4, 0.5) is 0 Å². The maximum Gasteiger partial charge on any atom is 0.197 e. The van der Waals surface area contributed by atoms with Gasteiger partial charge >= 0.3 is 0 Å². The summed E-state index contributed by atoms with van der Waals surface area (Å²) in [4.78, 5) is 0. The fourth-order valence-corrected chi connectivity index (χ4v) is 1.04.